The minimum absolute atomic E-state index is 0.639. The molecule has 0 saturated carbocycles. The van der Waals surface area contributed by atoms with Crippen molar-refractivity contribution in [2.45, 2.75) is 0 Å². The highest BCUT2D eigenvalue weighted by atomic mass is 15.3. The second-order valence-electron chi connectivity index (χ2n) is 3.32. The topological polar surface area (TPSA) is 61.1 Å². The molecule has 2 rings (SSSR count). The molecule has 0 amide bonds. The van der Waals surface area contributed by atoms with Crippen molar-refractivity contribution >= 4 is 12.0 Å². The summed E-state index contributed by atoms with van der Waals surface area (Å²) in [7, 11) is 0. The largest absolute Gasteiger partial charge is 0.261 e. The summed E-state index contributed by atoms with van der Waals surface area (Å²) in [5.74, 6) is 0.692. The first-order valence-corrected chi connectivity index (χ1v) is 5.09. The van der Waals surface area contributed by atoms with Gasteiger partial charge in [0, 0.05) is 6.20 Å². The van der Waals surface area contributed by atoms with Gasteiger partial charge in [-0.3, -0.25) is 5.43 Å². The van der Waals surface area contributed by atoms with E-state index in [2.05, 4.69) is 21.6 Å². The number of aromatic nitrogens is 1. The van der Waals surface area contributed by atoms with Crippen LogP contribution in [0.25, 0.3) is 0 Å². The molecule has 0 aliphatic carbocycles. The van der Waals surface area contributed by atoms with Gasteiger partial charge in [0.2, 0.25) is 0 Å². The lowest BCUT2D eigenvalue weighted by Crippen LogP contribution is -1.92. The van der Waals surface area contributed by atoms with Crippen LogP contribution in [0.15, 0.2) is 53.8 Å². The molecule has 0 unspecified atom stereocenters. The molecule has 17 heavy (non-hydrogen) atoms. The number of anilines is 1. The Bertz CT molecular complexity index is 538. The molecule has 0 saturated heterocycles. The fourth-order valence-electron chi connectivity index (χ4n) is 1.25. The van der Waals surface area contributed by atoms with Crippen LogP contribution in [0.1, 0.15) is 11.1 Å². The summed E-state index contributed by atoms with van der Waals surface area (Å²) in [5, 5.41) is 12.7. The molecule has 0 aliphatic rings. The van der Waals surface area contributed by atoms with E-state index in [1.807, 2.05) is 30.3 Å². The van der Waals surface area contributed by atoms with Crippen LogP contribution in [-0.4, -0.2) is 11.2 Å². The zero-order chi connectivity index (χ0) is 11.9. The molecule has 0 aliphatic heterocycles. The van der Waals surface area contributed by atoms with Crippen molar-refractivity contribution in [2.75, 3.05) is 5.43 Å². The van der Waals surface area contributed by atoms with Gasteiger partial charge < -0.3 is 0 Å². The number of nitrogens with one attached hydrogen (secondary N) is 1. The summed E-state index contributed by atoms with van der Waals surface area (Å²) < 4.78 is 0. The van der Waals surface area contributed by atoms with Gasteiger partial charge in [-0.15, -0.1) is 0 Å². The van der Waals surface area contributed by atoms with Gasteiger partial charge in [0.05, 0.1) is 17.8 Å². The van der Waals surface area contributed by atoms with E-state index in [-0.39, 0.29) is 0 Å². The predicted molar refractivity (Wildman–Crippen MR) is 66.6 cm³/mol. The lowest BCUT2D eigenvalue weighted by Gasteiger charge is -1.97. The van der Waals surface area contributed by atoms with Crippen molar-refractivity contribution in [1.29, 1.82) is 5.26 Å². The third-order valence-electron chi connectivity index (χ3n) is 2.10. The highest BCUT2D eigenvalue weighted by Crippen LogP contribution is 2.02. The number of hydrogen-bond acceptors (Lipinski definition) is 4. The van der Waals surface area contributed by atoms with E-state index in [0.29, 0.717) is 11.4 Å². The molecule has 0 fully saturated rings. The van der Waals surface area contributed by atoms with Crippen molar-refractivity contribution in [3.8, 4) is 6.07 Å². The van der Waals surface area contributed by atoms with Gasteiger partial charge in [0.15, 0.2) is 0 Å². The minimum atomic E-state index is 0.639. The molecular weight excluding hydrogens is 212 g/mol. The van der Waals surface area contributed by atoms with Gasteiger partial charge in [0.25, 0.3) is 0 Å². The fraction of sp³-hybridized carbons (Fsp3) is 0. The van der Waals surface area contributed by atoms with Crippen molar-refractivity contribution in [3.63, 3.8) is 0 Å². The first-order valence-electron chi connectivity index (χ1n) is 5.09. The van der Waals surface area contributed by atoms with Crippen LogP contribution >= 0.6 is 0 Å². The molecule has 4 heteroatoms. The van der Waals surface area contributed by atoms with Crippen molar-refractivity contribution in [1.82, 2.24) is 4.98 Å². The molecular formula is C13H10N4. The molecule has 1 N–H and O–H groups in total. The summed E-state index contributed by atoms with van der Waals surface area (Å²) >= 11 is 0. The second-order valence-corrected chi connectivity index (χ2v) is 3.32. The molecule has 1 aromatic heterocycles. The smallest absolute Gasteiger partial charge is 0.146 e. The SMILES string of the molecule is N#Cc1ccc(/C=N/Nc2ccccn2)cc1. The second kappa shape index (κ2) is 5.42. The van der Waals surface area contributed by atoms with Crippen LogP contribution in [0.2, 0.25) is 0 Å². The zero-order valence-electron chi connectivity index (χ0n) is 9.04. The Balaban J connectivity index is 1.99. The van der Waals surface area contributed by atoms with E-state index >= 15 is 0 Å². The lowest BCUT2D eigenvalue weighted by molar-refractivity contribution is 1.23. The molecule has 4 nitrogen and oxygen atoms in total. The maximum Gasteiger partial charge on any atom is 0.146 e. The number of hydrazone groups is 1. The monoisotopic (exact) mass is 222 g/mol. The quantitative estimate of drug-likeness (QED) is 0.640. The Labute approximate surface area is 99.2 Å². The van der Waals surface area contributed by atoms with Gasteiger partial charge in [-0.2, -0.15) is 10.4 Å². The summed E-state index contributed by atoms with van der Waals surface area (Å²) in [6.45, 7) is 0. The average Bonchev–Trinajstić information content (AvgIpc) is 2.41. The third-order valence-corrected chi connectivity index (χ3v) is 2.10. The first kappa shape index (κ1) is 10.8. The molecule has 0 atom stereocenters. The summed E-state index contributed by atoms with van der Waals surface area (Å²) in [6, 6.07) is 14.8. The maximum absolute atomic E-state index is 8.65. The van der Waals surface area contributed by atoms with Crippen molar-refractivity contribution in [3.05, 3.63) is 59.8 Å². The number of nitrogens with zero attached hydrogens (tertiary/aromatic N) is 3. The molecule has 0 bridgehead atoms. The Kier molecular flexibility index (Phi) is 3.46. The minimum Gasteiger partial charge on any atom is -0.261 e. The first-order chi connectivity index (χ1) is 8.38. The van der Waals surface area contributed by atoms with Crippen LogP contribution in [0, 0.1) is 11.3 Å². The van der Waals surface area contributed by atoms with Gasteiger partial charge in [-0.1, -0.05) is 18.2 Å². The fourth-order valence-corrected chi connectivity index (χ4v) is 1.25. The Morgan fingerprint density at radius 1 is 1.18 bits per heavy atom. The van der Waals surface area contributed by atoms with Crippen molar-refractivity contribution in [2.24, 2.45) is 5.10 Å². The van der Waals surface area contributed by atoms with Gasteiger partial charge in [-0.25, -0.2) is 4.98 Å². The number of rotatable bonds is 3. The Morgan fingerprint density at radius 3 is 2.65 bits per heavy atom. The predicted octanol–water partition coefficient (Wildman–Crippen LogP) is 2.40. The van der Waals surface area contributed by atoms with Crippen LogP contribution in [0.5, 0.6) is 0 Å². The molecule has 0 radical (unpaired) electrons. The van der Waals surface area contributed by atoms with Crippen molar-refractivity contribution < 1.29 is 0 Å². The maximum atomic E-state index is 8.65. The molecule has 1 aromatic carbocycles. The Hall–Kier alpha value is -2.67. The van der Waals surface area contributed by atoms with Crippen LogP contribution in [0.3, 0.4) is 0 Å². The number of nitriles is 1. The van der Waals surface area contributed by atoms with Crippen LogP contribution < -0.4 is 5.43 Å². The molecule has 82 valence electrons. The summed E-state index contributed by atoms with van der Waals surface area (Å²) in [5.41, 5.74) is 4.38. The number of benzene rings is 1. The van der Waals surface area contributed by atoms with Crippen LogP contribution in [0.4, 0.5) is 5.82 Å². The molecule has 0 spiro atoms. The summed E-state index contributed by atoms with van der Waals surface area (Å²) in [6.07, 6.45) is 3.37. The van der Waals surface area contributed by atoms with Crippen LogP contribution in [-0.2, 0) is 0 Å². The zero-order valence-corrected chi connectivity index (χ0v) is 9.04. The van der Waals surface area contributed by atoms with E-state index in [0.717, 1.165) is 5.56 Å². The standard InChI is InChI=1S/C13H10N4/c14-9-11-4-6-12(7-5-11)10-16-17-13-3-1-2-8-15-13/h1-8,10H,(H,15,17)/b16-10+. The van der Waals surface area contributed by atoms with Gasteiger partial charge in [0.1, 0.15) is 5.82 Å². The number of pyridine rings is 1. The summed E-state index contributed by atoms with van der Waals surface area (Å²) in [4.78, 5) is 4.07. The normalized spacial score (nSPS) is 10.1. The molecule has 1 heterocycles. The Morgan fingerprint density at radius 2 is 2.00 bits per heavy atom. The average molecular weight is 222 g/mol. The lowest BCUT2D eigenvalue weighted by atomic mass is 10.2. The van der Waals surface area contributed by atoms with Gasteiger partial charge >= 0.3 is 0 Å². The van der Waals surface area contributed by atoms with Gasteiger partial charge in [-0.05, 0) is 29.8 Å². The highest BCUT2D eigenvalue weighted by Gasteiger charge is 1.90. The highest BCUT2D eigenvalue weighted by molar-refractivity contribution is 5.80. The molecule has 2 aromatic rings. The van der Waals surface area contributed by atoms with E-state index in [9.17, 15) is 0 Å². The van der Waals surface area contributed by atoms with E-state index in [1.165, 1.54) is 0 Å². The van der Waals surface area contributed by atoms with E-state index in [4.69, 9.17) is 5.26 Å². The third kappa shape index (κ3) is 3.14. The number of hydrogen-bond donors (Lipinski definition) is 1. The van der Waals surface area contributed by atoms with E-state index < -0.39 is 0 Å². The van der Waals surface area contributed by atoms with E-state index in [1.54, 1.807) is 24.5 Å².